The van der Waals surface area contributed by atoms with Crippen molar-refractivity contribution < 1.29 is 0 Å². The second-order valence-electron chi connectivity index (χ2n) is 7.57. The van der Waals surface area contributed by atoms with Crippen LogP contribution < -0.4 is 5.56 Å². The Labute approximate surface area is 173 Å². The molecular weight excluding hydrogens is 404 g/mol. The minimum absolute atomic E-state index is 0.0130. The molecule has 0 unspecified atom stereocenters. The van der Waals surface area contributed by atoms with Gasteiger partial charge in [0.05, 0.1) is 23.6 Å². The average molecular weight is 423 g/mol. The van der Waals surface area contributed by atoms with E-state index in [0.29, 0.717) is 12.4 Å². The van der Waals surface area contributed by atoms with Gasteiger partial charge in [-0.25, -0.2) is 19.5 Å². The number of hydrogen-bond donors (Lipinski definition) is 0. The highest BCUT2D eigenvalue weighted by atomic mass is 32.1. The van der Waals surface area contributed by atoms with E-state index in [2.05, 4.69) is 28.9 Å². The van der Waals surface area contributed by atoms with Gasteiger partial charge in [-0.15, -0.1) is 27.8 Å². The first-order chi connectivity index (χ1) is 14.1. The maximum absolute atomic E-state index is 13.2. The summed E-state index contributed by atoms with van der Waals surface area (Å²) in [5.74, 6) is 0.593. The van der Waals surface area contributed by atoms with Gasteiger partial charge in [0.25, 0.3) is 5.56 Å². The third kappa shape index (κ3) is 2.50. The van der Waals surface area contributed by atoms with Gasteiger partial charge in [-0.3, -0.25) is 9.36 Å². The zero-order chi connectivity index (χ0) is 19.7. The molecule has 29 heavy (non-hydrogen) atoms. The summed E-state index contributed by atoms with van der Waals surface area (Å²) in [5.41, 5.74) is 3.20. The highest BCUT2D eigenvalue weighted by Gasteiger charge is 2.21. The van der Waals surface area contributed by atoms with Gasteiger partial charge in [0.2, 0.25) is 0 Å². The van der Waals surface area contributed by atoms with E-state index in [1.165, 1.54) is 27.3 Å². The molecule has 0 saturated heterocycles. The van der Waals surface area contributed by atoms with Crippen molar-refractivity contribution in [3.05, 3.63) is 49.7 Å². The van der Waals surface area contributed by atoms with Crippen LogP contribution in [0.4, 0.5) is 0 Å². The van der Waals surface area contributed by atoms with Crippen molar-refractivity contribution in [1.29, 1.82) is 0 Å². The normalized spacial score (nSPS) is 14.3. The lowest BCUT2D eigenvalue weighted by atomic mass is 9.97. The molecule has 6 rings (SSSR count). The van der Waals surface area contributed by atoms with Gasteiger partial charge in [-0.1, -0.05) is 0 Å². The molecule has 1 aliphatic carbocycles. The van der Waals surface area contributed by atoms with Crippen LogP contribution in [0.1, 0.15) is 39.5 Å². The Morgan fingerprint density at radius 3 is 2.72 bits per heavy atom. The monoisotopic (exact) mass is 422 g/mol. The number of fused-ring (bicyclic) bond motifs is 6. The van der Waals surface area contributed by atoms with Crippen LogP contribution in [0.15, 0.2) is 17.4 Å². The number of rotatable bonds is 2. The Morgan fingerprint density at radius 2 is 1.83 bits per heavy atom. The summed E-state index contributed by atoms with van der Waals surface area (Å²) in [6, 6.07) is 0. The fourth-order valence-corrected chi connectivity index (χ4v) is 6.41. The molecule has 0 bridgehead atoms. The second kappa shape index (κ2) is 6.17. The van der Waals surface area contributed by atoms with E-state index >= 15 is 0 Å². The van der Waals surface area contributed by atoms with Crippen LogP contribution in [-0.4, -0.2) is 29.1 Å². The highest BCUT2D eigenvalue weighted by molar-refractivity contribution is 7.19. The third-order valence-corrected chi connectivity index (χ3v) is 8.12. The minimum atomic E-state index is 0.0130. The van der Waals surface area contributed by atoms with Crippen molar-refractivity contribution in [2.45, 2.75) is 46.1 Å². The van der Waals surface area contributed by atoms with Crippen LogP contribution in [0, 0.1) is 13.8 Å². The van der Waals surface area contributed by atoms with Gasteiger partial charge in [0.15, 0.2) is 11.5 Å². The molecule has 146 valence electrons. The van der Waals surface area contributed by atoms with Gasteiger partial charge in [-0.05, 0) is 50.7 Å². The van der Waals surface area contributed by atoms with E-state index in [0.717, 1.165) is 45.3 Å². The molecule has 0 fully saturated rings. The Kier molecular flexibility index (Phi) is 3.67. The zero-order valence-electron chi connectivity index (χ0n) is 16.1. The quantitative estimate of drug-likeness (QED) is 0.434. The van der Waals surface area contributed by atoms with Gasteiger partial charge >= 0.3 is 0 Å². The molecule has 5 aromatic heterocycles. The summed E-state index contributed by atoms with van der Waals surface area (Å²) in [5, 5.41) is 6.41. The zero-order valence-corrected chi connectivity index (χ0v) is 17.7. The standard InChI is InChI=1S/C20H18N6OS2/c1-10-11(2)28-18-15(10)17-23-14(24-26(17)9-22-18)7-25-8-21-19-16(20(25)27)12-5-3-4-6-13(12)29-19/h8-9H,3-7H2,1-2H3. The van der Waals surface area contributed by atoms with E-state index in [1.54, 1.807) is 44.4 Å². The fourth-order valence-electron chi connectivity index (χ4n) is 4.20. The van der Waals surface area contributed by atoms with Crippen LogP contribution >= 0.6 is 22.7 Å². The number of hydrogen-bond acceptors (Lipinski definition) is 7. The number of thiophene rings is 2. The first-order valence-electron chi connectivity index (χ1n) is 9.70. The lowest BCUT2D eigenvalue weighted by Gasteiger charge is -2.10. The molecular formula is C20H18N6OS2. The molecule has 7 nitrogen and oxygen atoms in total. The number of aromatic nitrogens is 6. The van der Waals surface area contributed by atoms with Gasteiger partial charge in [0, 0.05) is 9.75 Å². The maximum atomic E-state index is 13.2. The summed E-state index contributed by atoms with van der Waals surface area (Å²) >= 11 is 3.34. The van der Waals surface area contributed by atoms with Crippen LogP contribution in [0.2, 0.25) is 0 Å². The summed E-state index contributed by atoms with van der Waals surface area (Å²) in [7, 11) is 0. The van der Waals surface area contributed by atoms with Crippen LogP contribution in [0.3, 0.4) is 0 Å². The molecule has 5 heterocycles. The predicted octanol–water partition coefficient (Wildman–Crippen LogP) is 3.65. The Hall–Kier alpha value is -2.65. The largest absolute Gasteiger partial charge is 0.291 e. The Morgan fingerprint density at radius 1 is 1.03 bits per heavy atom. The lowest BCUT2D eigenvalue weighted by molar-refractivity contribution is 0.690. The molecule has 0 aliphatic heterocycles. The lowest BCUT2D eigenvalue weighted by Crippen LogP contribution is -2.22. The summed E-state index contributed by atoms with van der Waals surface area (Å²) in [6.07, 6.45) is 7.71. The van der Waals surface area contributed by atoms with Gasteiger partial charge in [0.1, 0.15) is 16.0 Å². The number of aryl methyl sites for hydroxylation is 4. The molecule has 0 saturated carbocycles. The predicted molar refractivity (Wildman–Crippen MR) is 115 cm³/mol. The van der Waals surface area contributed by atoms with Crippen molar-refractivity contribution >= 4 is 48.8 Å². The molecule has 5 aromatic rings. The summed E-state index contributed by atoms with van der Waals surface area (Å²) in [6.45, 7) is 4.49. The van der Waals surface area contributed by atoms with Gasteiger partial charge in [-0.2, -0.15) is 0 Å². The van der Waals surface area contributed by atoms with Crippen molar-refractivity contribution in [3.63, 3.8) is 0 Å². The van der Waals surface area contributed by atoms with E-state index in [1.807, 2.05) is 0 Å². The van der Waals surface area contributed by atoms with Crippen molar-refractivity contribution in [2.75, 3.05) is 0 Å². The smallest absolute Gasteiger partial charge is 0.262 e. The van der Waals surface area contributed by atoms with Crippen molar-refractivity contribution in [3.8, 4) is 0 Å². The second-order valence-corrected chi connectivity index (χ2v) is 9.86. The minimum Gasteiger partial charge on any atom is -0.291 e. The first-order valence-corrected chi connectivity index (χ1v) is 11.3. The van der Waals surface area contributed by atoms with Gasteiger partial charge < -0.3 is 0 Å². The molecule has 0 N–H and O–H groups in total. The van der Waals surface area contributed by atoms with E-state index in [4.69, 9.17) is 4.98 Å². The third-order valence-electron chi connectivity index (χ3n) is 5.80. The van der Waals surface area contributed by atoms with Crippen LogP contribution in [-0.2, 0) is 19.4 Å². The van der Waals surface area contributed by atoms with Crippen molar-refractivity contribution in [2.24, 2.45) is 0 Å². The maximum Gasteiger partial charge on any atom is 0.262 e. The average Bonchev–Trinajstić information content (AvgIpc) is 3.37. The molecule has 0 aromatic carbocycles. The first kappa shape index (κ1) is 17.2. The number of nitrogens with zero attached hydrogens (tertiary/aromatic N) is 6. The van der Waals surface area contributed by atoms with Crippen molar-refractivity contribution in [1.82, 2.24) is 29.1 Å². The molecule has 0 spiro atoms. The Bertz CT molecular complexity index is 1490. The fraction of sp³-hybridized carbons (Fsp3) is 0.350. The molecule has 0 atom stereocenters. The summed E-state index contributed by atoms with van der Waals surface area (Å²) in [4.78, 5) is 31.4. The molecule has 0 radical (unpaired) electrons. The van der Waals surface area contributed by atoms with Crippen LogP contribution in [0.25, 0.3) is 26.1 Å². The summed E-state index contributed by atoms with van der Waals surface area (Å²) < 4.78 is 3.34. The molecule has 9 heteroatoms. The van der Waals surface area contributed by atoms with Crippen LogP contribution in [0.5, 0.6) is 0 Å². The highest BCUT2D eigenvalue weighted by Crippen LogP contribution is 2.33. The van der Waals surface area contributed by atoms with E-state index < -0.39 is 0 Å². The van der Waals surface area contributed by atoms with E-state index in [9.17, 15) is 4.79 Å². The topological polar surface area (TPSA) is 78.0 Å². The van der Waals surface area contributed by atoms with E-state index in [-0.39, 0.29) is 5.56 Å². The SMILES string of the molecule is Cc1sc2ncn3nc(Cn4cnc5sc6c(c5c4=O)CCCC6)nc3c2c1C. The molecule has 1 aliphatic rings. The molecule has 0 amide bonds. The Balaban J connectivity index is 1.48.